The predicted molar refractivity (Wildman–Crippen MR) is 112 cm³/mol. The topological polar surface area (TPSA) is 16.4 Å². The molecular formula is C25H23NO. The average Bonchev–Trinajstić information content (AvgIpc) is 3.05. The van der Waals surface area contributed by atoms with Gasteiger partial charge < -0.3 is 9.32 Å². The van der Waals surface area contributed by atoms with Crippen LogP contribution in [0.4, 0.5) is 5.69 Å². The van der Waals surface area contributed by atoms with Crippen LogP contribution in [-0.2, 0) is 0 Å². The fourth-order valence-electron chi connectivity index (χ4n) is 5.60. The van der Waals surface area contributed by atoms with E-state index in [0.29, 0.717) is 18.0 Å². The summed E-state index contributed by atoms with van der Waals surface area (Å²) in [7, 11) is 0. The van der Waals surface area contributed by atoms with Gasteiger partial charge in [0, 0.05) is 28.4 Å². The van der Waals surface area contributed by atoms with E-state index in [4.69, 9.17) is 4.42 Å². The Kier molecular flexibility index (Phi) is 3.06. The van der Waals surface area contributed by atoms with E-state index in [1.807, 2.05) is 6.07 Å². The van der Waals surface area contributed by atoms with Crippen molar-refractivity contribution in [2.24, 2.45) is 0 Å². The van der Waals surface area contributed by atoms with Gasteiger partial charge in [0.25, 0.3) is 0 Å². The molecule has 3 aliphatic rings. The Hall–Kier alpha value is -2.74. The molecule has 1 aliphatic carbocycles. The highest BCUT2D eigenvalue weighted by Crippen LogP contribution is 2.52. The van der Waals surface area contributed by atoms with E-state index in [-0.39, 0.29) is 0 Å². The molecule has 1 fully saturated rings. The molecule has 1 aromatic heterocycles. The second-order valence-corrected chi connectivity index (χ2v) is 8.21. The lowest BCUT2D eigenvalue weighted by atomic mass is 9.70. The van der Waals surface area contributed by atoms with E-state index < -0.39 is 0 Å². The molecule has 0 N–H and O–H groups in total. The Labute approximate surface area is 159 Å². The third-order valence-electron chi connectivity index (χ3n) is 6.84. The van der Waals surface area contributed by atoms with Crippen LogP contribution in [0.2, 0.25) is 0 Å². The molecule has 2 bridgehead atoms. The zero-order valence-corrected chi connectivity index (χ0v) is 15.8. The molecule has 4 aromatic rings. The summed E-state index contributed by atoms with van der Waals surface area (Å²) < 4.78 is 6.10. The number of nitrogens with zero attached hydrogens (tertiary/aromatic N) is 1. The molecule has 3 atom stereocenters. The fraction of sp³-hybridized carbons (Fsp3) is 0.280. The molecular weight excluding hydrogens is 330 g/mol. The van der Waals surface area contributed by atoms with Crippen molar-refractivity contribution in [3.05, 3.63) is 77.4 Å². The maximum atomic E-state index is 6.10. The minimum Gasteiger partial charge on any atom is -0.456 e. The number of hydrogen-bond donors (Lipinski definition) is 0. The molecule has 0 spiro atoms. The Morgan fingerprint density at radius 2 is 1.63 bits per heavy atom. The number of benzene rings is 3. The summed E-state index contributed by atoms with van der Waals surface area (Å²) in [5, 5.41) is 2.44. The maximum Gasteiger partial charge on any atom is 0.135 e. The van der Waals surface area contributed by atoms with Gasteiger partial charge in [0.1, 0.15) is 11.2 Å². The van der Waals surface area contributed by atoms with E-state index in [0.717, 1.165) is 11.2 Å². The van der Waals surface area contributed by atoms with E-state index in [9.17, 15) is 0 Å². The molecule has 0 saturated carbocycles. The van der Waals surface area contributed by atoms with Gasteiger partial charge in [-0.05, 0) is 61.6 Å². The summed E-state index contributed by atoms with van der Waals surface area (Å²) in [6.07, 6.45) is 2.55. The molecule has 3 heterocycles. The van der Waals surface area contributed by atoms with Crippen molar-refractivity contribution in [1.82, 2.24) is 0 Å². The molecule has 3 aromatic carbocycles. The molecule has 2 nitrogen and oxygen atoms in total. The predicted octanol–water partition coefficient (Wildman–Crippen LogP) is 6.72. The Morgan fingerprint density at radius 1 is 0.852 bits per heavy atom. The molecule has 2 aliphatic heterocycles. The van der Waals surface area contributed by atoms with Crippen LogP contribution in [0.3, 0.4) is 0 Å². The zero-order valence-electron chi connectivity index (χ0n) is 15.8. The van der Waals surface area contributed by atoms with Crippen LogP contribution in [0.1, 0.15) is 48.4 Å². The first-order chi connectivity index (χ1) is 13.2. The minimum absolute atomic E-state index is 0.482. The summed E-state index contributed by atoms with van der Waals surface area (Å²) in [4.78, 5) is 2.69. The highest BCUT2D eigenvalue weighted by molar-refractivity contribution is 6.06. The van der Waals surface area contributed by atoms with Crippen molar-refractivity contribution in [2.75, 3.05) is 4.90 Å². The lowest BCUT2D eigenvalue weighted by molar-refractivity contribution is 0.324. The molecule has 134 valence electrons. The lowest BCUT2D eigenvalue weighted by Crippen LogP contribution is -2.49. The van der Waals surface area contributed by atoms with Crippen LogP contribution in [0, 0.1) is 6.92 Å². The number of furan rings is 1. The quantitative estimate of drug-likeness (QED) is 0.377. The van der Waals surface area contributed by atoms with Crippen LogP contribution in [-0.4, -0.2) is 6.04 Å². The second-order valence-electron chi connectivity index (χ2n) is 8.21. The largest absolute Gasteiger partial charge is 0.456 e. The smallest absolute Gasteiger partial charge is 0.135 e. The van der Waals surface area contributed by atoms with Gasteiger partial charge in [-0.15, -0.1) is 0 Å². The van der Waals surface area contributed by atoms with E-state index >= 15 is 0 Å². The van der Waals surface area contributed by atoms with Crippen LogP contribution < -0.4 is 4.90 Å². The van der Waals surface area contributed by atoms with Gasteiger partial charge in [0.05, 0.1) is 6.04 Å². The SMILES string of the molecule is Cc1cc2oc3ccccc3c2cc1N1C2CCC(c3ccccc32)C1C. The molecule has 7 rings (SSSR count). The summed E-state index contributed by atoms with van der Waals surface area (Å²) in [5.74, 6) is 0.627. The van der Waals surface area contributed by atoms with Crippen molar-refractivity contribution in [3.8, 4) is 0 Å². The number of rotatable bonds is 1. The third kappa shape index (κ3) is 2.01. The molecule has 0 amide bonds. The molecule has 0 radical (unpaired) electrons. The Bertz CT molecular complexity index is 1190. The Balaban J connectivity index is 1.57. The highest BCUT2D eigenvalue weighted by Gasteiger charge is 2.43. The van der Waals surface area contributed by atoms with Crippen LogP contribution in [0.25, 0.3) is 21.9 Å². The normalized spacial score (nSPS) is 23.9. The Morgan fingerprint density at radius 3 is 2.52 bits per heavy atom. The summed E-state index contributed by atoms with van der Waals surface area (Å²) in [5.41, 5.74) is 7.74. The number of fused-ring (bicyclic) bond motifs is 5. The number of hydrogen-bond acceptors (Lipinski definition) is 2. The van der Waals surface area contributed by atoms with Gasteiger partial charge in [0.2, 0.25) is 0 Å². The van der Waals surface area contributed by atoms with Gasteiger partial charge in [-0.25, -0.2) is 0 Å². The minimum atomic E-state index is 0.482. The zero-order chi connectivity index (χ0) is 18.1. The first-order valence-corrected chi connectivity index (χ1v) is 10.0. The van der Waals surface area contributed by atoms with Gasteiger partial charge in [-0.1, -0.05) is 42.5 Å². The van der Waals surface area contributed by atoms with Crippen molar-refractivity contribution in [3.63, 3.8) is 0 Å². The van der Waals surface area contributed by atoms with Gasteiger partial charge >= 0.3 is 0 Å². The van der Waals surface area contributed by atoms with Crippen LogP contribution in [0.15, 0.2) is 65.1 Å². The first kappa shape index (κ1) is 15.3. The number of aryl methyl sites for hydroxylation is 1. The van der Waals surface area contributed by atoms with Crippen LogP contribution >= 0.6 is 0 Å². The monoisotopic (exact) mass is 353 g/mol. The molecule has 3 unspecified atom stereocenters. The number of piperidine rings is 1. The van der Waals surface area contributed by atoms with Gasteiger partial charge in [0.15, 0.2) is 0 Å². The van der Waals surface area contributed by atoms with Crippen molar-refractivity contribution in [1.29, 1.82) is 0 Å². The van der Waals surface area contributed by atoms with E-state index in [1.54, 1.807) is 5.56 Å². The summed E-state index contributed by atoms with van der Waals surface area (Å²) >= 11 is 0. The highest BCUT2D eigenvalue weighted by atomic mass is 16.3. The molecule has 1 saturated heterocycles. The van der Waals surface area contributed by atoms with Crippen molar-refractivity contribution in [2.45, 2.75) is 44.7 Å². The third-order valence-corrected chi connectivity index (χ3v) is 6.84. The summed E-state index contributed by atoms with van der Waals surface area (Å²) in [6.45, 7) is 4.63. The number of anilines is 1. The van der Waals surface area contributed by atoms with Crippen molar-refractivity contribution < 1.29 is 4.42 Å². The van der Waals surface area contributed by atoms with Gasteiger partial charge in [-0.3, -0.25) is 0 Å². The first-order valence-electron chi connectivity index (χ1n) is 10.0. The van der Waals surface area contributed by atoms with Crippen LogP contribution in [0.5, 0.6) is 0 Å². The van der Waals surface area contributed by atoms with E-state index in [2.05, 4.69) is 73.3 Å². The standard InChI is InChI=1S/C25H23NO/c1-15-13-25-21(20-9-5-6-10-24(20)27-25)14-23(15)26-16(2)17-11-12-22(26)19-8-4-3-7-18(17)19/h3-10,13-14,16-17,22H,11-12H2,1-2H3. The van der Waals surface area contributed by atoms with E-state index in [1.165, 1.54) is 40.4 Å². The maximum absolute atomic E-state index is 6.10. The van der Waals surface area contributed by atoms with Gasteiger partial charge in [-0.2, -0.15) is 0 Å². The fourth-order valence-corrected chi connectivity index (χ4v) is 5.60. The average molecular weight is 353 g/mol. The van der Waals surface area contributed by atoms with Crippen molar-refractivity contribution >= 4 is 27.6 Å². The molecule has 27 heavy (non-hydrogen) atoms. The molecule has 2 heteroatoms. The number of para-hydroxylation sites is 1. The lowest BCUT2D eigenvalue weighted by Gasteiger charge is -2.53. The summed E-state index contributed by atoms with van der Waals surface area (Å²) in [6, 6.07) is 23.1. The second kappa shape index (κ2) is 5.39.